The van der Waals surface area contributed by atoms with E-state index < -0.39 is 10.0 Å². The molecule has 3 N–H and O–H groups in total. The summed E-state index contributed by atoms with van der Waals surface area (Å²) in [6, 6.07) is 11.7. The van der Waals surface area contributed by atoms with Crippen molar-refractivity contribution in [1.82, 2.24) is 14.9 Å². The Morgan fingerprint density at radius 2 is 1.50 bits per heavy atom. The van der Waals surface area contributed by atoms with Gasteiger partial charge in [-0.2, -0.15) is 0 Å². The second-order valence-corrected chi connectivity index (χ2v) is 8.38. The van der Waals surface area contributed by atoms with E-state index in [-0.39, 0.29) is 22.5 Å². The fourth-order valence-electron chi connectivity index (χ4n) is 2.33. The largest absolute Gasteiger partial charge is 0.508 e. The first-order valence-corrected chi connectivity index (χ1v) is 10.0. The first kappa shape index (κ1) is 21.4. The van der Waals surface area contributed by atoms with E-state index in [0.717, 1.165) is 4.31 Å². The molecule has 0 heterocycles. The van der Waals surface area contributed by atoms with Crippen molar-refractivity contribution in [3.63, 3.8) is 0 Å². The van der Waals surface area contributed by atoms with E-state index in [4.69, 9.17) is 0 Å². The summed E-state index contributed by atoms with van der Waals surface area (Å²) in [7, 11) is -0.652. The Bertz CT molecular complexity index is 940. The average Bonchev–Trinajstić information content (AvgIpc) is 2.67. The maximum absolute atomic E-state index is 12.1. The number of amides is 2. The molecule has 0 aliphatic rings. The van der Waals surface area contributed by atoms with Crippen LogP contribution in [0.4, 0.5) is 0 Å². The number of benzene rings is 2. The van der Waals surface area contributed by atoms with Crippen LogP contribution >= 0.6 is 0 Å². The zero-order valence-corrected chi connectivity index (χ0v) is 16.5. The van der Waals surface area contributed by atoms with Gasteiger partial charge in [-0.1, -0.05) is 6.07 Å². The van der Waals surface area contributed by atoms with Crippen molar-refractivity contribution in [3.05, 3.63) is 59.7 Å². The molecular formula is C19H23N3O5S. The molecule has 2 aromatic rings. The summed E-state index contributed by atoms with van der Waals surface area (Å²) in [5.41, 5.74) is 0.707. The first-order valence-electron chi connectivity index (χ1n) is 8.60. The summed E-state index contributed by atoms with van der Waals surface area (Å²) in [4.78, 5) is 24.1. The number of aromatic hydroxyl groups is 1. The van der Waals surface area contributed by atoms with Gasteiger partial charge in [-0.05, 0) is 48.9 Å². The number of carbonyl (C=O) groups excluding carboxylic acids is 2. The van der Waals surface area contributed by atoms with E-state index in [2.05, 4.69) is 10.6 Å². The Morgan fingerprint density at radius 3 is 2.04 bits per heavy atom. The number of phenols is 1. The third kappa shape index (κ3) is 5.54. The first-order chi connectivity index (χ1) is 13.2. The van der Waals surface area contributed by atoms with Crippen LogP contribution in [0.15, 0.2) is 53.4 Å². The van der Waals surface area contributed by atoms with Gasteiger partial charge in [-0.3, -0.25) is 9.59 Å². The van der Waals surface area contributed by atoms with Crippen LogP contribution in [0.5, 0.6) is 5.75 Å². The number of hydrogen-bond acceptors (Lipinski definition) is 5. The summed E-state index contributed by atoms with van der Waals surface area (Å²) in [5.74, 6) is -0.614. The van der Waals surface area contributed by atoms with E-state index in [1.165, 1.54) is 50.5 Å². The zero-order valence-electron chi connectivity index (χ0n) is 15.7. The van der Waals surface area contributed by atoms with Crippen molar-refractivity contribution in [2.45, 2.75) is 11.3 Å². The van der Waals surface area contributed by atoms with Crippen molar-refractivity contribution in [3.8, 4) is 5.75 Å². The summed E-state index contributed by atoms with van der Waals surface area (Å²) < 4.78 is 25.1. The molecule has 150 valence electrons. The minimum absolute atomic E-state index is 0.0179. The summed E-state index contributed by atoms with van der Waals surface area (Å²) in [6.07, 6.45) is 0.517. The number of rotatable bonds is 8. The molecule has 0 radical (unpaired) electrons. The molecule has 0 bridgehead atoms. The Morgan fingerprint density at radius 1 is 0.929 bits per heavy atom. The van der Waals surface area contributed by atoms with Crippen LogP contribution in [0.3, 0.4) is 0 Å². The van der Waals surface area contributed by atoms with Gasteiger partial charge < -0.3 is 15.7 Å². The molecule has 0 aromatic heterocycles. The van der Waals surface area contributed by atoms with E-state index in [0.29, 0.717) is 30.6 Å². The number of nitrogens with one attached hydrogen (secondary N) is 2. The van der Waals surface area contributed by atoms with Crippen molar-refractivity contribution in [1.29, 1.82) is 0 Å². The molecule has 8 nitrogen and oxygen atoms in total. The van der Waals surface area contributed by atoms with Crippen LogP contribution in [-0.2, 0) is 10.0 Å². The standard InChI is InChI=1S/C19H23N3O5S/c1-22(2)28(26,27)17-9-7-14(8-10-17)18(24)20-11-4-12-21-19(25)15-5-3-6-16(23)13-15/h3,5-10,13,23H,4,11-12H2,1-2H3,(H,20,24)(H,21,25). The minimum atomic E-state index is -3.53. The molecule has 28 heavy (non-hydrogen) atoms. The molecule has 0 saturated heterocycles. The van der Waals surface area contributed by atoms with Gasteiger partial charge in [0.2, 0.25) is 10.0 Å². The van der Waals surface area contributed by atoms with Crippen LogP contribution in [-0.4, -0.2) is 56.8 Å². The highest BCUT2D eigenvalue weighted by atomic mass is 32.2. The van der Waals surface area contributed by atoms with Crippen molar-refractivity contribution >= 4 is 21.8 Å². The monoisotopic (exact) mass is 405 g/mol. The van der Waals surface area contributed by atoms with Gasteiger partial charge in [0, 0.05) is 38.3 Å². The highest BCUT2D eigenvalue weighted by Crippen LogP contribution is 2.14. The van der Waals surface area contributed by atoms with Gasteiger partial charge in [0.1, 0.15) is 5.75 Å². The van der Waals surface area contributed by atoms with Crippen LogP contribution in [0.2, 0.25) is 0 Å². The van der Waals surface area contributed by atoms with Crippen LogP contribution < -0.4 is 10.6 Å². The topological polar surface area (TPSA) is 116 Å². The molecular weight excluding hydrogens is 382 g/mol. The fraction of sp³-hybridized carbons (Fsp3) is 0.263. The minimum Gasteiger partial charge on any atom is -0.508 e. The van der Waals surface area contributed by atoms with Gasteiger partial charge >= 0.3 is 0 Å². The van der Waals surface area contributed by atoms with Crippen LogP contribution in [0, 0.1) is 0 Å². The average molecular weight is 405 g/mol. The number of hydrogen-bond donors (Lipinski definition) is 3. The lowest BCUT2D eigenvalue weighted by Crippen LogP contribution is -2.30. The molecule has 2 amide bonds. The van der Waals surface area contributed by atoms with E-state index >= 15 is 0 Å². The van der Waals surface area contributed by atoms with Crippen LogP contribution in [0.1, 0.15) is 27.1 Å². The van der Waals surface area contributed by atoms with Gasteiger partial charge in [0.15, 0.2) is 0 Å². The smallest absolute Gasteiger partial charge is 0.251 e. The van der Waals surface area contributed by atoms with Gasteiger partial charge in [-0.15, -0.1) is 0 Å². The number of carbonyl (C=O) groups is 2. The lowest BCUT2D eigenvalue weighted by Gasteiger charge is -2.11. The molecule has 0 aliphatic carbocycles. The van der Waals surface area contributed by atoms with Crippen molar-refractivity contribution < 1.29 is 23.1 Å². The predicted molar refractivity (Wildman–Crippen MR) is 105 cm³/mol. The highest BCUT2D eigenvalue weighted by molar-refractivity contribution is 7.89. The van der Waals surface area contributed by atoms with Gasteiger partial charge in [0.05, 0.1) is 4.90 Å². The molecule has 0 aliphatic heterocycles. The number of phenolic OH excluding ortho intramolecular Hbond substituents is 1. The normalized spacial score (nSPS) is 11.2. The van der Waals surface area contributed by atoms with Gasteiger partial charge in [0.25, 0.3) is 11.8 Å². The van der Waals surface area contributed by atoms with E-state index in [9.17, 15) is 23.1 Å². The SMILES string of the molecule is CN(C)S(=O)(=O)c1ccc(C(=O)NCCCNC(=O)c2cccc(O)c2)cc1. The Kier molecular flexibility index (Phi) is 7.13. The second-order valence-electron chi connectivity index (χ2n) is 6.23. The van der Waals surface area contributed by atoms with Crippen LogP contribution in [0.25, 0.3) is 0 Å². The quantitative estimate of drug-likeness (QED) is 0.571. The van der Waals surface area contributed by atoms with E-state index in [1.807, 2.05) is 0 Å². The molecule has 2 rings (SSSR count). The third-order valence-electron chi connectivity index (χ3n) is 3.93. The predicted octanol–water partition coefficient (Wildman–Crippen LogP) is 1.19. The highest BCUT2D eigenvalue weighted by Gasteiger charge is 2.17. The summed E-state index contributed by atoms with van der Waals surface area (Å²) >= 11 is 0. The molecule has 0 atom stereocenters. The maximum Gasteiger partial charge on any atom is 0.251 e. The maximum atomic E-state index is 12.1. The summed E-state index contributed by atoms with van der Waals surface area (Å²) in [5, 5.41) is 14.8. The molecule has 2 aromatic carbocycles. The molecule has 0 saturated carbocycles. The number of sulfonamides is 1. The zero-order chi connectivity index (χ0) is 20.7. The molecule has 0 fully saturated rings. The Hall–Kier alpha value is -2.91. The lowest BCUT2D eigenvalue weighted by molar-refractivity contribution is 0.0951. The third-order valence-corrected chi connectivity index (χ3v) is 5.76. The van der Waals surface area contributed by atoms with Crippen molar-refractivity contribution in [2.24, 2.45) is 0 Å². The van der Waals surface area contributed by atoms with E-state index in [1.54, 1.807) is 12.1 Å². The molecule has 9 heteroatoms. The second kappa shape index (κ2) is 9.34. The molecule has 0 spiro atoms. The summed E-state index contributed by atoms with van der Waals surface area (Å²) in [6.45, 7) is 0.700. The molecule has 0 unspecified atom stereocenters. The van der Waals surface area contributed by atoms with Crippen molar-refractivity contribution in [2.75, 3.05) is 27.2 Å². The fourth-order valence-corrected chi connectivity index (χ4v) is 3.23. The Balaban J connectivity index is 1.77. The Labute approximate surface area is 164 Å². The van der Waals surface area contributed by atoms with Gasteiger partial charge in [-0.25, -0.2) is 12.7 Å². The lowest BCUT2D eigenvalue weighted by atomic mass is 10.2. The number of nitrogens with zero attached hydrogens (tertiary/aromatic N) is 1.